The molecule has 0 radical (unpaired) electrons. The van der Waals surface area contributed by atoms with Crippen molar-refractivity contribution in [2.24, 2.45) is 0 Å². The largest absolute Gasteiger partial charge is 0.362 e. The van der Waals surface area contributed by atoms with E-state index in [4.69, 9.17) is 11.6 Å². The molecule has 0 atom stereocenters. The summed E-state index contributed by atoms with van der Waals surface area (Å²) >= 11 is 5.79. The van der Waals surface area contributed by atoms with Crippen LogP contribution >= 0.6 is 11.6 Å². The van der Waals surface area contributed by atoms with Crippen LogP contribution in [0.5, 0.6) is 0 Å². The van der Waals surface area contributed by atoms with E-state index in [1.165, 1.54) is 6.08 Å². The number of carbonyl (C=O) groups excluding carboxylic acids is 1. The summed E-state index contributed by atoms with van der Waals surface area (Å²) in [5.41, 5.74) is 2.71. The van der Waals surface area contributed by atoms with Gasteiger partial charge in [-0.15, -0.1) is 0 Å². The SMILES string of the molecule is Cc1ccc(C(=O)C=CNc2ccc(Cl)cc2)cc1. The highest BCUT2D eigenvalue weighted by molar-refractivity contribution is 6.30. The highest BCUT2D eigenvalue weighted by Gasteiger charge is 1.99. The Morgan fingerprint density at radius 1 is 1.05 bits per heavy atom. The number of hydrogen-bond acceptors (Lipinski definition) is 2. The van der Waals surface area contributed by atoms with Crippen molar-refractivity contribution in [3.8, 4) is 0 Å². The van der Waals surface area contributed by atoms with Crippen LogP contribution in [0.4, 0.5) is 5.69 Å². The molecule has 19 heavy (non-hydrogen) atoms. The quantitative estimate of drug-likeness (QED) is 0.657. The topological polar surface area (TPSA) is 29.1 Å². The van der Waals surface area contributed by atoms with Gasteiger partial charge in [-0.3, -0.25) is 4.79 Å². The van der Waals surface area contributed by atoms with Crippen molar-refractivity contribution < 1.29 is 4.79 Å². The van der Waals surface area contributed by atoms with Crippen LogP contribution in [-0.2, 0) is 0 Å². The lowest BCUT2D eigenvalue weighted by Crippen LogP contribution is -1.96. The number of benzene rings is 2. The van der Waals surface area contributed by atoms with Gasteiger partial charge >= 0.3 is 0 Å². The molecule has 2 aromatic rings. The molecule has 0 amide bonds. The van der Waals surface area contributed by atoms with Crippen LogP contribution in [0.25, 0.3) is 0 Å². The molecule has 0 aliphatic rings. The second-order valence-corrected chi connectivity index (χ2v) is 4.65. The van der Waals surface area contributed by atoms with Gasteiger partial charge in [0, 0.05) is 28.5 Å². The third-order valence-corrected chi connectivity index (χ3v) is 2.92. The van der Waals surface area contributed by atoms with Crippen LogP contribution in [0.1, 0.15) is 15.9 Å². The first-order valence-corrected chi connectivity index (χ1v) is 6.32. The van der Waals surface area contributed by atoms with Crippen LogP contribution in [0.15, 0.2) is 60.8 Å². The average molecular weight is 272 g/mol. The molecule has 0 aromatic heterocycles. The minimum atomic E-state index is -0.0264. The lowest BCUT2D eigenvalue weighted by molar-refractivity contribution is 0.104. The van der Waals surface area contributed by atoms with E-state index in [9.17, 15) is 4.79 Å². The maximum atomic E-state index is 11.9. The van der Waals surface area contributed by atoms with Crippen molar-refractivity contribution in [3.05, 3.63) is 77.0 Å². The van der Waals surface area contributed by atoms with Crippen molar-refractivity contribution in [2.75, 3.05) is 5.32 Å². The van der Waals surface area contributed by atoms with Crippen LogP contribution in [0, 0.1) is 6.92 Å². The Morgan fingerprint density at radius 3 is 2.32 bits per heavy atom. The fraction of sp³-hybridized carbons (Fsp3) is 0.0625. The number of nitrogens with one attached hydrogen (secondary N) is 1. The Morgan fingerprint density at radius 2 is 1.68 bits per heavy atom. The second kappa shape index (κ2) is 6.21. The molecule has 0 aliphatic heterocycles. The molecule has 2 nitrogen and oxygen atoms in total. The van der Waals surface area contributed by atoms with Crippen molar-refractivity contribution in [3.63, 3.8) is 0 Å². The molecule has 0 spiro atoms. The molecule has 0 bridgehead atoms. The summed E-state index contributed by atoms with van der Waals surface area (Å²) in [5, 5.41) is 3.71. The maximum Gasteiger partial charge on any atom is 0.187 e. The van der Waals surface area contributed by atoms with Gasteiger partial charge in [0.25, 0.3) is 0 Å². The van der Waals surface area contributed by atoms with Crippen LogP contribution in [-0.4, -0.2) is 5.78 Å². The van der Waals surface area contributed by atoms with Gasteiger partial charge in [-0.05, 0) is 31.2 Å². The lowest BCUT2D eigenvalue weighted by Gasteiger charge is -2.00. The van der Waals surface area contributed by atoms with Crippen molar-refractivity contribution in [2.45, 2.75) is 6.92 Å². The normalized spacial score (nSPS) is 10.6. The number of allylic oxidation sites excluding steroid dienone is 1. The van der Waals surface area contributed by atoms with E-state index in [0.717, 1.165) is 11.3 Å². The highest BCUT2D eigenvalue weighted by Crippen LogP contribution is 2.13. The monoisotopic (exact) mass is 271 g/mol. The molecule has 0 unspecified atom stereocenters. The van der Waals surface area contributed by atoms with E-state index in [-0.39, 0.29) is 5.78 Å². The predicted molar refractivity (Wildman–Crippen MR) is 79.7 cm³/mol. The van der Waals surface area contributed by atoms with Crippen molar-refractivity contribution >= 4 is 23.1 Å². The number of ketones is 1. The van der Waals surface area contributed by atoms with E-state index in [1.807, 2.05) is 43.3 Å². The van der Waals surface area contributed by atoms with Gasteiger partial charge in [-0.1, -0.05) is 41.4 Å². The smallest absolute Gasteiger partial charge is 0.187 e. The Balaban J connectivity index is 1.97. The van der Waals surface area contributed by atoms with Gasteiger partial charge in [0.2, 0.25) is 0 Å². The standard InChI is InChI=1S/C16H14ClNO/c1-12-2-4-13(5-3-12)16(19)10-11-18-15-8-6-14(17)7-9-15/h2-11,18H,1H3. The van der Waals surface area contributed by atoms with Gasteiger partial charge in [0.05, 0.1) is 0 Å². The number of aryl methyl sites for hydroxylation is 1. The first-order valence-electron chi connectivity index (χ1n) is 5.95. The molecule has 0 fully saturated rings. The number of carbonyl (C=O) groups is 1. The zero-order valence-electron chi connectivity index (χ0n) is 10.6. The Bertz CT molecular complexity index is 585. The van der Waals surface area contributed by atoms with E-state index in [0.29, 0.717) is 10.6 Å². The maximum absolute atomic E-state index is 11.9. The molecular weight excluding hydrogens is 258 g/mol. The fourth-order valence-corrected chi connectivity index (χ4v) is 1.70. The van der Waals surface area contributed by atoms with Gasteiger partial charge in [-0.2, -0.15) is 0 Å². The minimum absolute atomic E-state index is 0.0264. The number of halogens is 1. The molecule has 96 valence electrons. The van der Waals surface area contributed by atoms with Gasteiger partial charge in [-0.25, -0.2) is 0 Å². The van der Waals surface area contributed by atoms with Crippen molar-refractivity contribution in [1.82, 2.24) is 0 Å². The van der Waals surface area contributed by atoms with Crippen LogP contribution in [0.2, 0.25) is 5.02 Å². The second-order valence-electron chi connectivity index (χ2n) is 4.21. The fourth-order valence-electron chi connectivity index (χ4n) is 1.57. The van der Waals surface area contributed by atoms with Gasteiger partial charge in [0.15, 0.2) is 5.78 Å². The van der Waals surface area contributed by atoms with Gasteiger partial charge < -0.3 is 5.32 Å². The molecule has 3 heteroatoms. The molecule has 0 aliphatic carbocycles. The van der Waals surface area contributed by atoms with Crippen LogP contribution in [0.3, 0.4) is 0 Å². The van der Waals surface area contributed by atoms with E-state index < -0.39 is 0 Å². The number of anilines is 1. The van der Waals surface area contributed by atoms with E-state index in [2.05, 4.69) is 5.32 Å². The Labute approximate surface area is 117 Å². The molecular formula is C16H14ClNO. The number of hydrogen-bond donors (Lipinski definition) is 1. The minimum Gasteiger partial charge on any atom is -0.362 e. The van der Waals surface area contributed by atoms with Gasteiger partial charge in [0.1, 0.15) is 0 Å². The third-order valence-electron chi connectivity index (χ3n) is 2.67. The summed E-state index contributed by atoms with van der Waals surface area (Å²) < 4.78 is 0. The molecule has 0 heterocycles. The first-order chi connectivity index (χ1) is 9.15. The first kappa shape index (κ1) is 13.4. The molecule has 0 saturated heterocycles. The van der Waals surface area contributed by atoms with Crippen molar-refractivity contribution in [1.29, 1.82) is 0 Å². The average Bonchev–Trinajstić information content (AvgIpc) is 2.41. The lowest BCUT2D eigenvalue weighted by atomic mass is 10.1. The zero-order chi connectivity index (χ0) is 13.7. The third kappa shape index (κ3) is 3.97. The summed E-state index contributed by atoms with van der Waals surface area (Å²) in [4.78, 5) is 11.9. The Hall–Kier alpha value is -2.06. The van der Waals surface area contributed by atoms with E-state index in [1.54, 1.807) is 18.3 Å². The summed E-state index contributed by atoms with van der Waals surface area (Å²) in [5.74, 6) is -0.0264. The summed E-state index contributed by atoms with van der Waals surface area (Å²) in [6, 6.07) is 14.8. The van der Waals surface area contributed by atoms with Crippen LogP contribution < -0.4 is 5.32 Å². The summed E-state index contributed by atoms with van der Waals surface area (Å²) in [6.07, 6.45) is 3.14. The predicted octanol–water partition coefficient (Wildman–Crippen LogP) is 4.46. The number of rotatable bonds is 4. The molecule has 1 N–H and O–H groups in total. The molecule has 0 saturated carbocycles. The summed E-state index contributed by atoms with van der Waals surface area (Å²) in [6.45, 7) is 1.99. The van der Waals surface area contributed by atoms with E-state index >= 15 is 0 Å². The molecule has 2 aromatic carbocycles. The molecule has 2 rings (SSSR count). The zero-order valence-corrected chi connectivity index (χ0v) is 11.3. The summed E-state index contributed by atoms with van der Waals surface area (Å²) in [7, 11) is 0. The highest BCUT2D eigenvalue weighted by atomic mass is 35.5. The Kier molecular flexibility index (Phi) is 4.37.